The first kappa shape index (κ1) is 15.7. The van der Waals surface area contributed by atoms with Gasteiger partial charge in [0.15, 0.2) is 0 Å². The lowest BCUT2D eigenvalue weighted by atomic mass is 10.2. The topological polar surface area (TPSA) is 38.3 Å². The number of carbonyl (C=O) groups is 1. The number of benzene rings is 2. The van der Waals surface area contributed by atoms with Crippen LogP contribution in [0.1, 0.15) is 10.4 Å². The van der Waals surface area contributed by atoms with E-state index in [9.17, 15) is 4.79 Å². The molecule has 0 aliphatic carbocycles. The van der Waals surface area contributed by atoms with Gasteiger partial charge in [-0.1, -0.05) is 27.5 Å². The standard InChI is InChI=1S/C16H13BrClNO2S/c17-10-1-6-15(18)14(7-10)16(20)19-11-2-4-12(5-3-11)21-13-8-22-9-13/h1-7,13H,8-9H2,(H,19,20). The minimum absolute atomic E-state index is 0.240. The molecule has 1 saturated heterocycles. The van der Waals surface area contributed by atoms with Crippen LogP contribution in [0.4, 0.5) is 5.69 Å². The van der Waals surface area contributed by atoms with Crippen molar-refractivity contribution in [3.05, 3.63) is 57.5 Å². The molecule has 0 aromatic heterocycles. The van der Waals surface area contributed by atoms with Gasteiger partial charge < -0.3 is 10.1 Å². The smallest absolute Gasteiger partial charge is 0.257 e. The molecular weight excluding hydrogens is 386 g/mol. The van der Waals surface area contributed by atoms with Crippen LogP contribution in [0.3, 0.4) is 0 Å². The van der Waals surface area contributed by atoms with Gasteiger partial charge >= 0.3 is 0 Å². The molecule has 0 atom stereocenters. The van der Waals surface area contributed by atoms with E-state index in [0.717, 1.165) is 21.7 Å². The van der Waals surface area contributed by atoms with E-state index in [4.69, 9.17) is 16.3 Å². The second kappa shape index (κ2) is 6.94. The lowest BCUT2D eigenvalue weighted by molar-refractivity contribution is 0.102. The molecule has 3 nitrogen and oxygen atoms in total. The fourth-order valence-corrected chi connectivity index (χ4v) is 3.09. The zero-order valence-electron chi connectivity index (χ0n) is 11.5. The highest BCUT2D eigenvalue weighted by molar-refractivity contribution is 9.10. The molecule has 6 heteroatoms. The van der Waals surface area contributed by atoms with E-state index in [2.05, 4.69) is 21.2 Å². The van der Waals surface area contributed by atoms with E-state index in [0.29, 0.717) is 22.4 Å². The van der Waals surface area contributed by atoms with Crippen molar-refractivity contribution >= 4 is 50.9 Å². The lowest BCUT2D eigenvalue weighted by Crippen LogP contribution is -2.30. The average molecular weight is 399 g/mol. The van der Waals surface area contributed by atoms with E-state index in [1.54, 1.807) is 18.2 Å². The first-order valence-electron chi connectivity index (χ1n) is 6.73. The van der Waals surface area contributed by atoms with Gasteiger partial charge in [0, 0.05) is 21.7 Å². The number of rotatable bonds is 4. The van der Waals surface area contributed by atoms with Crippen molar-refractivity contribution < 1.29 is 9.53 Å². The van der Waals surface area contributed by atoms with Crippen molar-refractivity contribution in [2.24, 2.45) is 0 Å². The minimum atomic E-state index is -0.240. The van der Waals surface area contributed by atoms with Gasteiger partial charge in [-0.05, 0) is 42.5 Å². The van der Waals surface area contributed by atoms with E-state index >= 15 is 0 Å². The maximum atomic E-state index is 12.3. The molecule has 114 valence electrons. The minimum Gasteiger partial charge on any atom is -0.489 e. The second-order valence-electron chi connectivity index (χ2n) is 4.88. The normalized spacial score (nSPS) is 14.3. The van der Waals surface area contributed by atoms with E-state index in [-0.39, 0.29) is 5.91 Å². The Labute approximate surface area is 146 Å². The van der Waals surface area contributed by atoms with Crippen LogP contribution >= 0.6 is 39.3 Å². The lowest BCUT2D eigenvalue weighted by Gasteiger charge is -2.25. The largest absolute Gasteiger partial charge is 0.489 e. The van der Waals surface area contributed by atoms with Gasteiger partial charge in [0.1, 0.15) is 11.9 Å². The fraction of sp³-hybridized carbons (Fsp3) is 0.188. The highest BCUT2D eigenvalue weighted by Crippen LogP contribution is 2.26. The van der Waals surface area contributed by atoms with Crippen LogP contribution in [0.2, 0.25) is 5.02 Å². The van der Waals surface area contributed by atoms with Crippen LogP contribution in [0.15, 0.2) is 46.9 Å². The van der Waals surface area contributed by atoms with Gasteiger partial charge in [0.05, 0.1) is 10.6 Å². The molecule has 0 bridgehead atoms. The molecule has 1 aliphatic heterocycles. The third-order valence-electron chi connectivity index (χ3n) is 3.20. The molecule has 1 heterocycles. The van der Waals surface area contributed by atoms with Crippen molar-refractivity contribution in [2.75, 3.05) is 16.8 Å². The van der Waals surface area contributed by atoms with Crippen molar-refractivity contribution in [3.63, 3.8) is 0 Å². The van der Waals surface area contributed by atoms with E-state index in [1.807, 2.05) is 36.0 Å². The molecule has 3 rings (SSSR count). The molecule has 0 saturated carbocycles. The van der Waals surface area contributed by atoms with Crippen molar-refractivity contribution in [1.82, 2.24) is 0 Å². The molecular formula is C16H13BrClNO2S. The van der Waals surface area contributed by atoms with Crippen LogP contribution in [0.25, 0.3) is 0 Å². The number of thioether (sulfide) groups is 1. The predicted octanol–water partition coefficient (Wildman–Crippen LogP) is 4.85. The Balaban J connectivity index is 1.67. The van der Waals surface area contributed by atoms with Gasteiger partial charge in [-0.15, -0.1) is 0 Å². The number of ether oxygens (including phenoxy) is 1. The van der Waals surface area contributed by atoms with Crippen LogP contribution in [0.5, 0.6) is 5.75 Å². The summed E-state index contributed by atoms with van der Waals surface area (Å²) in [7, 11) is 0. The molecule has 1 N–H and O–H groups in total. The van der Waals surface area contributed by atoms with Gasteiger partial charge in [-0.25, -0.2) is 0 Å². The van der Waals surface area contributed by atoms with Crippen LogP contribution in [-0.2, 0) is 0 Å². The van der Waals surface area contributed by atoms with Gasteiger partial charge in [0.25, 0.3) is 5.91 Å². The van der Waals surface area contributed by atoms with Gasteiger partial charge in [0.2, 0.25) is 0 Å². The number of halogens is 2. The third kappa shape index (κ3) is 3.77. The van der Waals surface area contributed by atoms with Crippen LogP contribution in [-0.4, -0.2) is 23.5 Å². The van der Waals surface area contributed by atoms with E-state index in [1.165, 1.54) is 0 Å². The molecule has 22 heavy (non-hydrogen) atoms. The Hall–Kier alpha value is -1.17. The molecule has 1 amide bonds. The summed E-state index contributed by atoms with van der Waals surface area (Å²) in [6, 6.07) is 12.6. The zero-order chi connectivity index (χ0) is 15.5. The third-order valence-corrected chi connectivity index (χ3v) is 5.23. The quantitative estimate of drug-likeness (QED) is 0.800. The Morgan fingerprint density at radius 3 is 2.59 bits per heavy atom. The van der Waals surface area contributed by atoms with Crippen molar-refractivity contribution in [2.45, 2.75) is 6.10 Å². The Kier molecular flexibility index (Phi) is 4.96. The number of hydrogen-bond acceptors (Lipinski definition) is 3. The highest BCUT2D eigenvalue weighted by Gasteiger charge is 2.19. The number of carbonyl (C=O) groups excluding carboxylic acids is 1. The Morgan fingerprint density at radius 2 is 1.95 bits per heavy atom. The summed E-state index contributed by atoms with van der Waals surface area (Å²) in [5.41, 5.74) is 1.14. The molecule has 1 aliphatic rings. The summed E-state index contributed by atoms with van der Waals surface area (Å²) >= 11 is 11.3. The Morgan fingerprint density at radius 1 is 1.23 bits per heavy atom. The van der Waals surface area contributed by atoms with Crippen LogP contribution < -0.4 is 10.1 Å². The fourth-order valence-electron chi connectivity index (χ4n) is 1.96. The van der Waals surface area contributed by atoms with Gasteiger partial charge in [-0.2, -0.15) is 11.8 Å². The highest BCUT2D eigenvalue weighted by atomic mass is 79.9. The summed E-state index contributed by atoms with van der Waals surface area (Å²) in [6.45, 7) is 0. The first-order valence-corrected chi connectivity index (χ1v) is 9.05. The molecule has 1 fully saturated rings. The maximum Gasteiger partial charge on any atom is 0.257 e. The predicted molar refractivity (Wildman–Crippen MR) is 95.3 cm³/mol. The summed E-state index contributed by atoms with van der Waals surface area (Å²) in [6.07, 6.45) is 0.311. The molecule has 2 aromatic carbocycles. The number of hydrogen-bond donors (Lipinski definition) is 1. The molecule has 2 aromatic rings. The maximum absolute atomic E-state index is 12.3. The SMILES string of the molecule is O=C(Nc1ccc(OC2CSC2)cc1)c1cc(Br)ccc1Cl. The molecule has 0 spiro atoms. The molecule has 0 radical (unpaired) electrons. The summed E-state index contributed by atoms with van der Waals surface area (Å²) < 4.78 is 6.58. The summed E-state index contributed by atoms with van der Waals surface area (Å²) in [5, 5.41) is 3.25. The van der Waals surface area contributed by atoms with Crippen molar-refractivity contribution in [1.29, 1.82) is 0 Å². The van der Waals surface area contributed by atoms with Gasteiger partial charge in [-0.3, -0.25) is 4.79 Å². The monoisotopic (exact) mass is 397 g/mol. The van der Waals surface area contributed by atoms with Crippen LogP contribution in [0, 0.1) is 0 Å². The number of anilines is 1. The second-order valence-corrected chi connectivity index (χ2v) is 7.28. The number of nitrogens with one attached hydrogen (secondary N) is 1. The Bertz CT molecular complexity index is 689. The van der Waals surface area contributed by atoms with E-state index < -0.39 is 0 Å². The van der Waals surface area contributed by atoms with Crippen molar-refractivity contribution in [3.8, 4) is 5.75 Å². The molecule has 0 unspecified atom stereocenters. The zero-order valence-corrected chi connectivity index (χ0v) is 14.7. The number of amides is 1. The summed E-state index contributed by atoms with van der Waals surface area (Å²) in [4.78, 5) is 12.3. The average Bonchev–Trinajstić information content (AvgIpc) is 2.47. The summed E-state index contributed by atoms with van der Waals surface area (Å²) in [5.74, 6) is 2.67. The first-order chi connectivity index (χ1) is 10.6.